The first kappa shape index (κ1) is 15.2. The average molecular weight is 273 g/mol. The van der Waals surface area contributed by atoms with Gasteiger partial charge in [0.1, 0.15) is 11.6 Å². The van der Waals surface area contributed by atoms with Crippen LogP contribution in [-0.2, 0) is 11.3 Å². The van der Waals surface area contributed by atoms with Crippen LogP contribution in [0.15, 0.2) is 12.3 Å². The summed E-state index contributed by atoms with van der Waals surface area (Å²) in [6.45, 7) is 7.06. The number of pyridine rings is 1. The summed E-state index contributed by atoms with van der Waals surface area (Å²) in [5, 5.41) is 3.88. The molecular formula is C13H21ClN2O2. The third-order valence-electron chi connectivity index (χ3n) is 2.27. The molecule has 1 rings (SSSR count). The molecule has 0 spiro atoms. The van der Waals surface area contributed by atoms with Crippen molar-refractivity contribution in [1.29, 1.82) is 0 Å². The molecule has 0 saturated heterocycles. The Morgan fingerprint density at radius 2 is 2.17 bits per heavy atom. The predicted octanol–water partition coefficient (Wildman–Crippen LogP) is 2.51. The van der Waals surface area contributed by atoms with Gasteiger partial charge in [-0.2, -0.15) is 0 Å². The summed E-state index contributed by atoms with van der Waals surface area (Å²) in [5.74, 6) is 1.09. The first-order valence-electron chi connectivity index (χ1n) is 6.10. The van der Waals surface area contributed by atoms with E-state index in [9.17, 15) is 0 Å². The second-order valence-corrected chi connectivity index (χ2v) is 4.90. The number of nitrogens with one attached hydrogen (secondary N) is 1. The molecule has 0 bridgehead atoms. The zero-order valence-corrected chi connectivity index (χ0v) is 12.0. The molecule has 0 atom stereocenters. The number of halogens is 1. The average Bonchev–Trinajstić information content (AvgIpc) is 2.31. The van der Waals surface area contributed by atoms with Gasteiger partial charge in [-0.3, -0.25) is 0 Å². The third-order valence-corrected chi connectivity index (χ3v) is 2.54. The van der Waals surface area contributed by atoms with Crippen LogP contribution >= 0.6 is 11.6 Å². The zero-order valence-electron chi connectivity index (χ0n) is 11.2. The molecule has 0 amide bonds. The Morgan fingerprint density at radius 3 is 2.78 bits per heavy atom. The molecule has 5 heteroatoms. The van der Waals surface area contributed by atoms with Crippen molar-refractivity contribution in [3.63, 3.8) is 0 Å². The molecule has 102 valence electrons. The van der Waals surface area contributed by atoms with Crippen molar-refractivity contribution in [2.75, 3.05) is 26.9 Å². The van der Waals surface area contributed by atoms with Crippen molar-refractivity contribution < 1.29 is 9.47 Å². The molecule has 18 heavy (non-hydrogen) atoms. The maximum atomic E-state index is 6.09. The monoisotopic (exact) mass is 272 g/mol. The van der Waals surface area contributed by atoms with Gasteiger partial charge in [0.05, 0.1) is 6.61 Å². The summed E-state index contributed by atoms with van der Waals surface area (Å²) >= 11 is 6.09. The lowest BCUT2D eigenvalue weighted by molar-refractivity contribution is 0.144. The van der Waals surface area contributed by atoms with E-state index in [1.54, 1.807) is 13.3 Å². The standard InChI is InChI=1S/C13H21ClN2O2/c1-10(2)7-15-8-11-6-12(14)13(16-9-11)18-5-4-17-3/h6,9-10,15H,4-5,7-8H2,1-3H3. The van der Waals surface area contributed by atoms with Crippen molar-refractivity contribution >= 4 is 11.6 Å². The molecule has 0 unspecified atom stereocenters. The van der Waals surface area contributed by atoms with Gasteiger partial charge in [-0.1, -0.05) is 25.4 Å². The summed E-state index contributed by atoms with van der Waals surface area (Å²) in [6, 6.07) is 1.88. The predicted molar refractivity (Wildman–Crippen MR) is 73.2 cm³/mol. The number of methoxy groups -OCH3 is 1. The number of ether oxygens (including phenoxy) is 2. The van der Waals surface area contributed by atoms with Crippen LogP contribution in [-0.4, -0.2) is 31.9 Å². The molecule has 0 aliphatic rings. The summed E-state index contributed by atoms with van der Waals surface area (Å²) in [7, 11) is 1.63. The van der Waals surface area contributed by atoms with Gasteiger partial charge < -0.3 is 14.8 Å². The zero-order chi connectivity index (χ0) is 13.4. The third kappa shape index (κ3) is 5.67. The van der Waals surface area contributed by atoms with Crippen molar-refractivity contribution in [2.24, 2.45) is 5.92 Å². The normalized spacial score (nSPS) is 10.9. The van der Waals surface area contributed by atoms with Crippen LogP contribution in [0.3, 0.4) is 0 Å². The van der Waals surface area contributed by atoms with Crippen LogP contribution in [0.2, 0.25) is 5.02 Å². The maximum Gasteiger partial charge on any atom is 0.232 e. The lowest BCUT2D eigenvalue weighted by Crippen LogP contribution is -2.19. The van der Waals surface area contributed by atoms with Crippen molar-refractivity contribution in [3.05, 3.63) is 22.8 Å². The highest BCUT2D eigenvalue weighted by Gasteiger charge is 2.05. The van der Waals surface area contributed by atoms with Gasteiger partial charge in [-0.25, -0.2) is 4.98 Å². The molecule has 0 fully saturated rings. The van der Waals surface area contributed by atoms with Crippen molar-refractivity contribution in [3.8, 4) is 5.88 Å². The second-order valence-electron chi connectivity index (χ2n) is 4.50. The first-order chi connectivity index (χ1) is 8.63. The van der Waals surface area contributed by atoms with Crippen LogP contribution in [0.4, 0.5) is 0 Å². The van der Waals surface area contributed by atoms with Gasteiger partial charge in [0.25, 0.3) is 0 Å². The molecule has 0 saturated carbocycles. The molecule has 0 aliphatic carbocycles. The van der Waals surface area contributed by atoms with E-state index in [0.717, 1.165) is 18.7 Å². The van der Waals surface area contributed by atoms with Gasteiger partial charge >= 0.3 is 0 Å². The van der Waals surface area contributed by atoms with Gasteiger partial charge in [0.15, 0.2) is 0 Å². The molecule has 4 nitrogen and oxygen atoms in total. The molecule has 1 N–H and O–H groups in total. The number of rotatable bonds is 8. The fourth-order valence-electron chi connectivity index (χ4n) is 1.39. The van der Waals surface area contributed by atoms with E-state index >= 15 is 0 Å². The quantitative estimate of drug-likeness (QED) is 0.739. The molecular weight excluding hydrogens is 252 g/mol. The van der Waals surface area contributed by atoms with Crippen LogP contribution < -0.4 is 10.1 Å². The van der Waals surface area contributed by atoms with Gasteiger partial charge in [-0.15, -0.1) is 0 Å². The van der Waals surface area contributed by atoms with E-state index in [0.29, 0.717) is 30.0 Å². The van der Waals surface area contributed by atoms with Crippen LogP contribution in [0.5, 0.6) is 5.88 Å². The molecule has 1 aromatic heterocycles. The second kappa shape index (κ2) is 8.29. The van der Waals surface area contributed by atoms with Crippen molar-refractivity contribution in [2.45, 2.75) is 20.4 Å². The number of hydrogen-bond acceptors (Lipinski definition) is 4. The number of hydrogen-bond donors (Lipinski definition) is 1. The molecule has 1 heterocycles. The topological polar surface area (TPSA) is 43.4 Å². The Morgan fingerprint density at radius 1 is 1.39 bits per heavy atom. The van der Waals surface area contributed by atoms with E-state index in [1.807, 2.05) is 6.07 Å². The van der Waals surface area contributed by atoms with E-state index in [2.05, 4.69) is 24.1 Å². The summed E-state index contributed by atoms with van der Waals surface area (Å²) in [4.78, 5) is 4.20. The SMILES string of the molecule is COCCOc1ncc(CNCC(C)C)cc1Cl. The Bertz CT molecular complexity index is 359. The lowest BCUT2D eigenvalue weighted by atomic mass is 10.2. The minimum atomic E-state index is 0.453. The van der Waals surface area contributed by atoms with Gasteiger partial charge in [0, 0.05) is 19.9 Å². The number of nitrogens with zero attached hydrogens (tertiary/aromatic N) is 1. The largest absolute Gasteiger partial charge is 0.474 e. The Labute approximate surface area is 114 Å². The minimum absolute atomic E-state index is 0.453. The molecule has 0 aromatic carbocycles. The maximum absolute atomic E-state index is 6.09. The fourth-order valence-corrected chi connectivity index (χ4v) is 1.64. The fraction of sp³-hybridized carbons (Fsp3) is 0.615. The molecule has 0 radical (unpaired) electrons. The summed E-state index contributed by atoms with van der Waals surface area (Å²) in [6.07, 6.45) is 1.78. The van der Waals surface area contributed by atoms with Crippen molar-refractivity contribution in [1.82, 2.24) is 10.3 Å². The molecule has 1 aromatic rings. The van der Waals surface area contributed by atoms with Gasteiger partial charge in [0.2, 0.25) is 5.88 Å². The van der Waals surface area contributed by atoms with Crippen LogP contribution in [0.1, 0.15) is 19.4 Å². The molecule has 0 aliphatic heterocycles. The Balaban J connectivity index is 2.45. The van der Waals surface area contributed by atoms with E-state index in [1.165, 1.54) is 0 Å². The Kier molecular flexibility index (Phi) is 7.01. The number of aromatic nitrogens is 1. The van der Waals surface area contributed by atoms with E-state index in [4.69, 9.17) is 21.1 Å². The summed E-state index contributed by atoms with van der Waals surface area (Å²) < 4.78 is 10.3. The first-order valence-corrected chi connectivity index (χ1v) is 6.48. The highest BCUT2D eigenvalue weighted by atomic mass is 35.5. The summed E-state index contributed by atoms with van der Waals surface area (Å²) in [5.41, 5.74) is 1.06. The smallest absolute Gasteiger partial charge is 0.232 e. The van der Waals surface area contributed by atoms with E-state index in [-0.39, 0.29) is 0 Å². The highest BCUT2D eigenvalue weighted by Crippen LogP contribution is 2.22. The van der Waals surface area contributed by atoms with Crippen LogP contribution in [0, 0.1) is 5.92 Å². The van der Waals surface area contributed by atoms with E-state index < -0.39 is 0 Å². The van der Waals surface area contributed by atoms with Crippen LogP contribution in [0.25, 0.3) is 0 Å². The minimum Gasteiger partial charge on any atom is -0.474 e. The lowest BCUT2D eigenvalue weighted by Gasteiger charge is -2.09. The van der Waals surface area contributed by atoms with Gasteiger partial charge in [-0.05, 0) is 24.1 Å². The highest BCUT2D eigenvalue weighted by molar-refractivity contribution is 6.31. The Hall–Kier alpha value is -0.840.